The largest absolute Gasteiger partial charge is 0.497 e. The van der Waals surface area contributed by atoms with Crippen LogP contribution in [0.2, 0.25) is 0 Å². The lowest BCUT2D eigenvalue weighted by molar-refractivity contribution is -0.138. The van der Waals surface area contributed by atoms with Crippen molar-refractivity contribution in [1.82, 2.24) is 5.32 Å². The number of hydrogen-bond donors (Lipinski definition) is 2. The molecule has 1 aliphatic heterocycles. The summed E-state index contributed by atoms with van der Waals surface area (Å²) in [5.74, 6) is -0.918. The van der Waals surface area contributed by atoms with Crippen molar-refractivity contribution in [2.45, 2.75) is 18.6 Å². The fourth-order valence-corrected chi connectivity index (χ4v) is 4.25. The third-order valence-corrected chi connectivity index (χ3v) is 6.01. The second-order valence-corrected chi connectivity index (χ2v) is 8.77. The van der Waals surface area contributed by atoms with Crippen LogP contribution in [-0.2, 0) is 9.59 Å². The van der Waals surface area contributed by atoms with E-state index in [1.807, 2.05) is 0 Å². The fourth-order valence-electron chi connectivity index (χ4n) is 2.80. The molecule has 0 aromatic heterocycles. The van der Waals surface area contributed by atoms with Gasteiger partial charge in [0.15, 0.2) is 16.7 Å². The van der Waals surface area contributed by atoms with Crippen LogP contribution in [0.3, 0.4) is 0 Å². The minimum absolute atomic E-state index is 0.209. The fraction of sp³-hybridized carbons (Fsp3) is 0.227. The number of amidine groups is 1. The van der Waals surface area contributed by atoms with E-state index in [9.17, 15) is 14.4 Å². The third kappa shape index (κ3) is 6.58. The predicted molar refractivity (Wildman–Crippen MR) is 130 cm³/mol. The molecule has 1 heterocycles. The molecule has 1 unspecified atom stereocenters. The van der Waals surface area contributed by atoms with Crippen LogP contribution in [0, 0.1) is 0 Å². The van der Waals surface area contributed by atoms with Crippen LogP contribution in [-0.4, -0.2) is 53.3 Å². The molecule has 12 heteroatoms. The van der Waals surface area contributed by atoms with Crippen LogP contribution in [0.25, 0.3) is 0 Å². The summed E-state index contributed by atoms with van der Waals surface area (Å²) in [4.78, 5) is 35.2. The number of nitrogens with zero attached hydrogens (tertiary/aromatic N) is 2. The van der Waals surface area contributed by atoms with Gasteiger partial charge in [-0.05, 0) is 64.8 Å². The van der Waals surface area contributed by atoms with E-state index >= 15 is 0 Å². The molecule has 0 saturated carbocycles. The molecule has 0 aliphatic carbocycles. The molecule has 1 saturated heterocycles. The first-order chi connectivity index (χ1) is 16.3. The summed E-state index contributed by atoms with van der Waals surface area (Å²) in [6.07, 6.45) is 1.12. The summed E-state index contributed by atoms with van der Waals surface area (Å²) < 4.78 is 16.7. The highest BCUT2D eigenvalue weighted by Crippen LogP contribution is 2.37. The van der Waals surface area contributed by atoms with Crippen molar-refractivity contribution >= 4 is 56.9 Å². The molecule has 0 radical (unpaired) electrons. The number of carbonyl (C=O) groups is 3. The van der Waals surface area contributed by atoms with Crippen LogP contribution in [0.5, 0.6) is 17.2 Å². The highest BCUT2D eigenvalue weighted by Gasteiger charge is 2.32. The zero-order chi connectivity index (χ0) is 24.7. The minimum Gasteiger partial charge on any atom is -0.497 e. The van der Waals surface area contributed by atoms with Crippen molar-refractivity contribution in [2.24, 2.45) is 10.2 Å². The Kier molecular flexibility index (Phi) is 8.66. The number of benzene rings is 2. The standard InChI is InChI=1S/C22H20BrN3O7S/c1-3-32-16-9-12(11-24-26-22-25-20(29)17(34-22)10-18(27)28)8-15(23)19(16)33-21(30)13-4-6-14(31-2)7-5-13/h4-9,11,17H,3,10H2,1-2H3,(H,27,28)(H,25,26,29). The average Bonchev–Trinajstić information content (AvgIpc) is 3.14. The molecule has 2 aromatic rings. The van der Waals surface area contributed by atoms with Gasteiger partial charge in [-0.3, -0.25) is 9.59 Å². The van der Waals surface area contributed by atoms with Crippen molar-refractivity contribution < 1.29 is 33.7 Å². The maximum Gasteiger partial charge on any atom is 0.343 e. The van der Waals surface area contributed by atoms with Gasteiger partial charge in [0.1, 0.15) is 11.0 Å². The SMILES string of the molecule is CCOc1cc(C=N/N=C2\NC(=O)C(CC(=O)O)S2)cc(Br)c1OC(=O)c1ccc(OC)cc1. The molecular weight excluding hydrogens is 530 g/mol. The smallest absolute Gasteiger partial charge is 0.343 e. The molecule has 2 N–H and O–H groups in total. The topological polar surface area (TPSA) is 136 Å². The first-order valence-corrected chi connectivity index (χ1v) is 11.6. The molecular formula is C22H20BrN3O7S. The quantitative estimate of drug-likeness (QED) is 0.210. The molecule has 1 fully saturated rings. The number of methoxy groups -OCH3 is 1. The van der Waals surface area contributed by atoms with Crippen molar-refractivity contribution in [1.29, 1.82) is 0 Å². The molecule has 2 aromatic carbocycles. The lowest BCUT2D eigenvalue weighted by Crippen LogP contribution is -2.26. The Balaban J connectivity index is 1.76. The minimum atomic E-state index is -1.07. The van der Waals surface area contributed by atoms with E-state index in [0.29, 0.717) is 33.7 Å². The van der Waals surface area contributed by atoms with E-state index in [-0.39, 0.29) is 17.3 Å². The van der Waals surface area contributed by atoms with Crippen molar-refractivity contribution in [3.63, 3.8) is 0 Å². The molecule has 10 nitrogen and oxygen atoms in total. The average molecular weight is 550 g/mol. The van der Waals surface area contributed by atoms with Crippen LogP contribution in [0.1, 0.15) is 29.3 Å². The van der Waals surface area contributed by atoms with Gasteiger partial charge in [0.25, 0.3) is 0 Å². The Bertz CT molecular complexity index is 1150. The summed E-state index contributed by atoms with van der Waals surface area (Å²) in [7, 11) is 1.54. The Morgan fingerprint density at radius 3 is 2.65 bits per heavy atom. The maximum atomic E-state index is 12.6. The van der Waals surface area contributed by atoms with E-state index in [1.165, 1.54) is 13.3 Å². The molecule has 0 bridgehead atoms. The zero-order valence-corrected chi connectivity index (χ0v) is 20.5. The number of carboxylic acids is 1. The monoisotopic (exact) mass is 549 g/mol. The number of nitrogens with one attached hydrogen (secondary N) is 1. The number of hydrogen-bond acceptors (Lipinski definition) is 9. The molecule has 178 valence electrons. The summed E-state index contributed by atoms with van der Waals surface area (Å²) in [5, 5.41) is 18.7. The highest BCUT2D eigenvalue weighted by atomic mass is 79.9. The maximum absolute atomic E-state index is 12.6. The summed E-state index contributed by atoms with van der Waals surface area (Å²) in [5.41, 5.74) is 0.925. The van der Waals surface area contributed by atoms with E-state index in [0.717, 1.165) is 11.8 Å². The Morgan fingerprint density at radius 2 is 2.00 bits per heavy atom. The number of esters is 1. The number of ether oxygens (including phenoxy) is 3. The summed E-state index contributed by atoms with van der Waals surface area (Å²) in [6, 6.07) is 9.79. The van der Waals surface area contributed by atoms with Gasteiger partial charge < -0.3 is 24.6 Å². The zero-order valence-electron chi connectivity index (χ0n) is 18.1. The Morgan fingerprint density at radius 1 is 1.26 bits per heavy atom. The summed E-state index contributed by atoms with van der Waals surface area (Å²) in [6.45, 7) is 2.12. The molecule has 0 spiro atoms. The predicted octanol–water partition coefficient (Wildman–Crippen LogP) is 3.47. The molecule has 1 atom stereocenters. The molecule has 34 heavy (non-hydrogen) atoms. The number of thioether (sulfide) groups is 1. The van der Waals surface area contributed by atoms with Gasteiger partial charge >= 0.3 is 11.9 Å². The number of amides is 1. The van der Waals surface area contributed by atoms with Gasteiger partial charge in [-0.25, -0.2) is 4.79 Å². The van der Waals surface area contributed by atoms with Gasteiger partial charge in [0.05, 0.1) is 36.4 Å². The lowest BCUT2D eigenvalue weighted by Gasteiger charge is -2.13. The van der Waals surface area contributed by atoms with Crippen LogP contribution >= 0.6 is 27.7 Å². The van der Waals surface area contributed by atoms with Gasteiger partial charge in [-0.15, -0.1) is 5.10 Å². The molecule has 1 aliphatic rings. The summed E-state index contributed by atoms with van der Waals surface area (Å²) >= 11 is 4.40. The molecule has 1 amide bonds. The first-order valence-electron chi connectivity index (χ1n) is 9.93. The number of carbonyl (C=O) groups excluding carboxylic acids is 2. The second-order valence-electron chi connectivity index (χ2n) is 6.72. The normalized spacial score (nSPS) is 16.5. The number of aliphatic carboxylic acids is 1. The number of rotatable bonds is 9. The van der Waals surface area contributed by atoms with Crippen molar-refractivity contribution in [3.8, 4) is 17.2 Å². The van der Waals surface area contributed by atoms with Gasteiger partial charge in [0, 0.05) is 0 Å². The van der Waals surface area contributed by atoms with E-state index < -0.39 is 23.1 Å². The van der Waals surface area contributed by atoms with Crippen molar-refractivity contribution in [3.05, 3.63) is 52.0 Å². The second kappa shape index (κ2) is 11.7. The number of halogens is 1. The molecule has 3 rings (SSSR count). The van der Waals surface area contributed by atoms with Crippen molar-refractivity contribution in [2.75, 3.05) is 13.7 Å². The highest BCUT2D eigenvalue weighted by molar-refractivity contribution is 9.10. The van der Waals surface area contributed by atoms with E-state index in [4.69, 9.17) is 19.3 Å². The van der Waals surface area contributed by atoms with E-state index in [1.54, 1.807) is 43.3 Å². The first kappa shape index (κ1) is 25.2. The van der Waals surface area contributed by atoms with Crippen LogP contribution in [0.4, 0.5) is 0 Å². The van der Waals surface area contributed by atoms with Crippen LogP contribution in [0.15, 0.2) is 51.1 Å². The Hall–Kier alpha value is -3.38. The van der Waals surface area contributed by atoms with E-state index in [2.05, 4.69) is 31.4 Å². The van der Waals surface area contributed by atoms with Crippen LogP contribution < -0.4 is 19.5 Å². The third-order valence-electron chi connectivity index (χ3n) is 4.34. The van der Waals surface area contributed by atoms with Gasteiger partial charge in [0.2, 0.25) is 5.91 Å². The van der Waals surface area contributed by atoms with Gasteiger partial charge in [-0.2, -0.15) is 5.10 Å². The Labute approximate surface area is 207 Å². The number of carboxylic acid groups (broad SMARTS) is 1. The lowest BCUT2D eigenvalue weighted by atomic mass is 10.2. The van der Waals surface area contributed by atoms with Gasteiger partial charge in [-0.1, -0.05) is 11.8 Å².